The summed E-state index contributed by atoms with van der Waals surface area (Å²) in [6.07, 6.45) is 5.23. The van der Waals surface area contributed by atoms with Crippen LogP contribution in [0, 0.1) is 20.8 Å². The molecule has 0 bridgehead atoms. The average molecular weight is 891 g/mol. The number of hydrazine groups is 1. The minimum Gasteiger partial charge on any atom is -0.377 e. The highest BCUT2D eigenvalue weighted by molar-refractivity contribution is 7.15. The first kappa shape index (κ1) is 42.9. The Morgan fingerprint density at radius 1 is 0.967 bits per heavy atom. The lowest BCUT2D eigenvalue weighted by Crippen LogP contribution is -2.33. The summed E-state index contributed by atoms with van der Waals surface area (Å²) in [6, 6.07) is 14.1. The van der Waals surface area contributed by atoms with Crippen LogP contribution in [0.25, 0.3) is 11.1 Å². The van der Waals surface area contributed by atoms with Crippen LogP contribution >= 0.6 is 46.1 Å². The Hall–Kier alpha value is -5.23. The minimum atomic E-state index is -0.559. The highest BCUT2D eigenvalue weighted by atomic mass is 35.5. The lowest BCUT2D eigenvalue weighted by atomic mass is 9.99. The number of halogens is 3. The Morgan fingerprint density at radius 2 is 1.73 bits per heavy atom. The Labute approximate surface area is 365 Å². The second kappa shape index (κ2) is 19.9. The summed E-state index contributed by atoms with van der Waals surface area (Å²) in [5.41, 5.74) is 7.96. The molecule has 1 saturated heterocycles. The van der Waals surface area contributed by atoms with Crippen molar-refractivity contribution in [3.63, 3.8) is 0 Å². The van der Waals surface area contributed by atoms with Crippen LogP contribution < -0.4 is 21.1 Å². The maximum absolute atomic E-state index is 13.2. The van der Waals surface area contributed by atoms with E-state index in [4.69, 9.17) is 49.3 Å². The van der Waals surface area contributed by atoms with Crippen molar-refractivity contribution < 1.29 is 19.1 Å². The number of amidine groups is 1. The number of hydrogen-bond acceptors (Lipinski definition) is 12. The number of nitrogens with zero attached hydrogens (tertiary/aromatic N) is 8. The second-order valence-electron chi connectivity index (χ2n) is 13.8. The third kappa shape index (κ3) is 10.6. The second-order valence-corrected chi connectivity index (χ2v) is 16.2. The van der Waals surface area contributed by atoms with Crippen molar-refractivity contribution in [2.75, 3.05) is 51.1 Å². The van der Waals surface area contributed by atoms with Crippen LogP contribution in [-0.4, -0.2) is 94.2 Å². The number of thiophene rings is 1. The molecular weight excluding hydrogens is 849 g/mol. The fourth-order valence-corrected chi connectivity index (χ4v) is 8.11. The van der Waals surface area contributed by atoms with E-state index in [-0.39, 0.29) is 18.2 Å². The van der Waals surface area contributed by atoms with Gasteiger partial charge in [-0.25, -0.2) is 15.0 Å². The van der Waals surface area contributed by atoms with Crippen molar-refractivity contribution in [3.05, 3.63) is 115 Å². The van der Waals surface area contributed by atoms with E-state index in [2.05, 4.69) is 55.1 Å². The maximum Gasteiger partial charge on any atom is 0.244 e. The fourth-order valence-electron chi connectivity index (χ4n) is 6.48. The number of carbonyl (C=O) groups excluding carboxylic acids is 2. The third-order valence-corrected chi connectivity index (χ3v) is 11.7. The van der Waals surface area contributed by atoms with Gasteiger partial charge in [0.2, 0.25) is 11.8 Å². The van der Waals surface area contributed by atoms with E-state index in [0.717, 1.165) is 44.8 Å². The quantitative estimate of drug-likeness (QED) is 0.0714. The standard InChI is InChI=1S/C41H42Cl3N11O4S/c1-24-25(2)60-41-38(24)39(27-4-6-28(42)7-5-27)48-32(40-52-51-26(3)55(40)41)23-37(57)47-16-19-59-21-20-58-18-15-46-36(56)11-10-33-45-14-12-34(49-33)50-35-13-17-54(53-35)29-8-9-30(43)31(44)22-29/h4-12,14,22,32H,13,15-21,23H2,1-3H3,(H,46,56)(H,47,57)(H,45,49,50,53)/b11-10+/t32-/m0/s1. The van der Waals surface area contributed by atoms with Gasteiger partial charge in [0.25, 0.3) is 0 Å². The highest BCUT2D eigenvalue weighted by Crippen LogP contribution is 2.39. The molecule has 0 saturated carbocycles. The number of hydrogen-bond donors (Lipinski definition) is 3. The van der Waals surface area contributed by atoms with Gasteiger partial charge in [-0.05, 0) is 62.7 Å². The van der Waals surface area contributed by atoms with E-state index in [1.54, 1.807) is 35.7 Å². The van der Waals surface area contributed by atoms with E-state index in [1.165, 1.54) is 17.0 Å². The molecule has 0 spiro atoms. The number of nitrogens with one attached hydrogen (secondary N) is 3. The van der Waals surface area contributed by atoms with E-state index in [0.29, 0.717) is 85.0 Å². The van der Waals surface area contributed by atoms with Gasteiger partial charge in [-0.1, -0.05) is 46.9 Å². The molecule has 15 nitrogen and oxygen atoms in total. The Kier molecular flexibility index (Phi) is 14.2. The van der Waals surface area contributed by atoms with Gasteiger partial charge in [-0.3, -0.25) is 29.6 Å². The summed E-state index contributed by atoms with van der Waals surface area (Å²) >= 11 is 20.1. The van der Waals surface area contributed by atoms with Gasteiger partial charge in [0.15, 0.2) is 17.5 Å². The van der Waals surface area contributed by atoms with E-state index in [9.17, 15) is 9.59 Å². The molecule has 3 N–H and O–H groups in total. The number of fused-ring (bicyclic) bond motifs is 3. The summed E-state index contributed by atoms with van der Waals surface area (Å²) in [5.74, 6) is 2.39. The topological polar surface area (TPSA) is 173 Å². The Balaban J connectivity index is 0.798. The number of aliphatic imine (C=N–C) groups is 2. The number of carbonyl (C=O) groups is 2. The van der Waals surface area contributed by atoms with Gasteiger partial charge in [-0.15, -0.1) is 21.5 Å². The van der Waals surface area contributed by atoms with Gasteiger partial charge in [0.1, 0.15) is 22.7 Å². The number of aromatic nitrogens is 5. The summed E-state index contributed by atoms with van der Waals surface area (Å²) < 4.78 is 13.3. The van der Waals surface area contributed by atoms with Crippen LogP contribution in [-0.2, 0) is 19.1 Å². The van der Waals surface area contributed by atoms with Gasteiger partial charge in [0.05, 0.1) is 54.3 Å². The maximum atomic E-state index is 13.2. The molecule has 2 aliphatic heterocycles. The number of benzene rings is 2. The van der Waals surface area contributed by atoms with Gasteiger partial charge >= 0.3 is 0 Å². The lowest BCUT2D eigenvalue weighted by molar-refractivity contribution is -0.121. The molecular formula is C41H42Cl3N11O4S. The summed E-state index contributed by atoms with van der Waals surface area (Å²) in [4.78, 5) is 45.1. The van der Waals surface area contributed by atoms with Crippen LogP contribution in [0.3, 0.4) is 0 Å². The van der Waals surface area contributed by atoms with Crippen LogP contribution in [0.5, 0.6) is 0 Å². The van der Waals surface area contributed by atoms with E-state index < -0.39 is 6.04 Å². The van der Waals surface area contributed by atoms with Crippen LogP contribution in [0.4, 0.5) is 11.5 Å². The normalized spacial score (nSPS) is 15.4. The molecule has 1 fully saturated rings. The predicted octanol–water partition coefficient (Wildman–Crippen LogP) is 6.71. The molecule has 5 aromatic rings. The summed E-state index contributed by atoms with van der Waals surface area (Å²) in [5, 5.41) is 19.0. The molecule has 7 rings (SSSR count). The zero-order valence-corrected chi connectivity index (χ0v) is 36.1. The molecule has 0 aliphatic carbocycles. The van der Waals surface area contributed by atoms with Crippen LogP contribution in [0.1, 0.15) is 57.9 Å². The molecule has 2 aromatic carbocycles. The molecule has 60 heavy (non-hydrogen) atoms. The zero-order chi connectivity index (χ0) is 42.2. The number of rotatable bonds is 16. The smallest absolute Gasteiger partial charge is 0.244 e. The van der Waals surface area contributed by atoms with E-state index >= 15 is 0 Å². The zero-order valence-electron chi connectivity index (χ0n) is 33.0. The Bertz CT molecular complexity index is 2450. The SMILES string of the molecule is Cc1sc2c(c1C)C(c1ccc(Cl)cc1)=N[C@@H](CC(=O)NCCOCCOCCNC(=O)/C=C/c1nccc(N=C3CCN(c4ccc(Cl)c(Cl)c4)N3)n1)c1nnc(C)n1-2. The molecule has 1 atom stereocenters. The molecule has 0 unspecified atom stereocenters. The molecule has 5 heterocycles. The van der Waals surface area contributed by atoms with Crippen molar-refractivity contribution in [2.24, 2.45) is 9.98 Å². The van der Waals surface area contributed by atoms with Crippen LogP contribution in [0.2, 0.25) is 15.1 Å². The van der Waals surface area contributed by atoms with Gasteiger partial charge in [0, 0.05) is 65.4 Å². The number of aryl methyl sites for hydroxylation is 2. The van der Waals surface area contributed by atoms with Gasteiger partial charge in [-0.2, -0.15) is 0 Å². The van der Waals surface area contributed by atoms with Gasteiger partial charge < -0.3 is 20.1 Å². The first-order valence-electron chi connectivity index (χ1n) is 19.2. The first-order valence-corrected chi connectivity index (χ1v) is 21.1. The van der Waals surface area contributed by atoms with Crippen LogP contribution in [0.15, 0.2) is 70.8 Å². The third-order valence-electron chi connectivity index (χ3n) is 9.57. The van der Waals surface area contributed by atoms with Crippen molar-refractivity contribution >= 4 is 87.1 Å². The van der Waals surface area contributed by atoms with E-state index in [1.807, 2.05) is 46.8 Å². The highest BCUT2D eigenvalue weighted by Gasteiger charge is 2.32. The minimum absolute atomic E-state index is 0.0841. The number of amides is 2. The van der Waals surface area contributed by atoms with Crippen molar-refractivity contribution in [3.8, 4) is 5.00 Å². The number of anilines is 1. The number of ether oxygens (including phenoxy) is 2. The molecule has 3 aromatic heterocycles. The predicted molar refractivity (Wildman–Crippen MR) is 235 cm³/mol. The molecule has 2 amide bonds. The lowest BCUT2D eigenvalue weighted by Gasteiger charge is -2.18. The van der Waals surface area contributed by atoms with Crippen molar-refractivity contribution in [1.82, 2.24) is 40.8 Å². The van der Waals surface area contributed by atoms with Crippen molar-refractivity contribution in [2.45, 2.75) is 39.7 Å². The monoisotopic (exact) mass is 889 g/mol. The average Bonchev–Trinajstić information content (AvgIpc) is 3.92. The molecule has 19 heteroatoms. The molecule has 2 aliphatic rings. The Morgan fingerprint density at radius 3 is 2.50 bits per heavy atom. The first-order chi connectivity index (χ1) is 29.0. The molecule has 312 valence electrons. The fraction of sp³-hybridized carbons (Fsp3) is 0.317. The summed E-state index contributed by atoms with van der Waals surface area (Å²) in [7, 11) is 0. The van der Waals surface area contributed by atoms with Crippen molar-refractivity contribution in [1.29, 1.82) is 0 Å². The summed E-state index contributed by atoms with van der Waals surface area (Å²) in [6.45, 7) is 8.64. The molecule has 0 radical (unpaired) electrons. The largest absolute Gasteiger partial charge is 0.377 e.